The van der Waals surface area contributed by atoms with Gasteiger partial charge in [0.05, 0.1) is 18.8 Å². The zero-order valence-corrected chi connectivity index (χ0v) is 10.9. The van der Waals surface area contributed by atoms with Gasteiger partial charge >= 0.3 is 0 Å². The third-order valence-corrected chi connectivity index (χ3v) is 3.91. The second-order valence-electron chi connectivity index (χ2n) is 4.86. The van der Waals surface area contributed by atoms with Crippen LogP contribution < -0.4 is 10.5 Å². The van der Waals surface area contributed by atoms with Gasteiger partial charge in [-0.2, -0.15) is 0 Å². The Bertz CT molecular complexity index is 586. The molecule has 2 N–H and O–H groups in total. The molecule has 0 bridgehead atoms. The highest BCUT2D eigenvalue weighted by Gasteiger charge is 2.23. The van der Waals surface area contributed by atoms with Crippen LogP contribution in [0, 0.1) is 6.42 Å². The lowest BCUT2D eigenvalue weighted by Crippen LogP contribution is -2.19. The smallest absolute Gasteiger partial charge is 0.120 e. The molecule has 1 aliphatic carbocycles. The predicted molar refractivity (Wildman–Crippen MR) is 73.7 cm³/mol. The van der Waals surface area contributed by atoms with Gasteiger partial charge in [0.2, 0.25) is 0 Å². The van der Waals surface area contributed by atoms with E-state index in [1.807, 2.05) is 19.4 Å². The molecule has 1 unspecified atom stereocenters. The number of hydrogen-bond acceptors (Lipinski definition) is 2. The Balaban J connectivity index is 2.29. The number of hydrogen-bond donors (Lipinski definition) is 1. The normalized spacial score (nSPS) is 15.9. The Labute approximate surface area is 108 Å². The Morgan fingerprint density at radius 2 is 2.22 bits per heavy atom. The molecule has 0 amide bonds. The first kappa shape index (κ1) is 11.6. The Hall–Kier alpha value is -1.48. The molecule has 95 valence electrons. The average Bonchev–Trinajstić information content (AvgIpc) is 2.97. The fourth-order valence-electron chi connectivity index (χ4n) is 3.01. The van der Waals surface area contributed by atoms with Gasteiger partial charge in [-0.3, -0.25) is 0 Å². The number of methoxy groups -OCH3 is 1. The number of aromatic nitrogens is 1. The predicted octanol–water partition coefficient (Wildman–Crippen LogP) is 2.82. The molecule has 18 heavy (non-hydrogen) atoms. The average molecular weight is 243 g/mol. The number of ether oxygens (including phenoxy) is 1. The van der Waals surface area contributed by atoms with Crippen molar-refractivity contribution in [2.45, 2.75) is 32.4 Å². The van der Waals surface area contributed by atoms with Gasteiger partial charge in [0.25, 0.3) is 0 Å². The van der Waals surface area contributed by atoms with Crippen molar-refractivity contribution in [2.75, 3.05) is 7.11 Å². The molecule has 2 aromatic rings. The van der Waals surface area contributed by atoms with E-state index >= 15 is 0 Å². The highest BCUT2D eigenvalue weighted by Crippen LogP contribution is 2.36. The fraction of sp³-hybridized carbons (Fsp3) is 0.400. The van der Waals surface area contributed by atoms with E-state index in [1.165, 1.54) is 35.0 Å². The fourth-order valence-corrected chi connectivity index (χ4v) is 3.01. The van der Waals surface area contributed by atoms with E-state index in [9.17, 15) is 0 Å². The molecule has 0 aliphatic heterocycles. The molecular weight excluding hydrogens is 224 g/mol. The van der Waals surface area contributed by atoms with Gasteiger partial charge in [0, 0.05) is 17.1 Å². The molecule has 1 heterocycles. The molecule has 0 fully saturated rings. The molecule has 0 saturated heterocycles. The molecule has 0 saturated carbocycles. The zero-order valence-electron chi connectivity index (χ0n) is 10.9. The molecule has 3 nitrogen and oxygen atoms in total. The standard InChI is InChI=1S/C15H19N2O/c1-3-15(16)17-13-6-4-5-11(13)12-8-7-10(18-2)9-14(12)17/h3,7-9,15H,4-6,16H2,1-2H3. The quantitative estimate of drug-likeness (QED) is 0.900. The van der Waals surface area contributed by atoms with Gasteiger partial charge in [-0.1, -0.05) is 6.92 Å². The zero-order chi connectivity index (χ0) is 12.7. The minimum atomic E-state index is -0.0542. The van der Waals surface area contributed by atoms with E-state index in [4.69, 9.17) is 10.5 Å². The van der Waals surface area contributed by atoms with E-state index in [-0.39, 0.29) is 6.17 Å². The van der Waals surface area contributed by atoms with Crippen LogP contribution in [0.2, 0.25) is 0 Å². The van der Waals surface area contributed by atoms with Crippen LogP contribution in [0.3, 0.4) is 0 Å². The summed E-state index contributed by atoms with van der Waals surface area (Å²) in [7, 11) is 1.70. The monoisotopic (exact) mass is 243 g/mol. The SMILES string of the molecule is C[CH]C(N)n1c2c(c3ccc(OC)cc31)CCC2. The number of benzene rings is 1. The number of rotatable bonds is 3. The summed E-state index contributed by atoms with van der Waals surface area (Å²) in [5, 5.41) is 1.33. The summed E-state index contributed by atoms with van der Waals surface area (Å²) in [6, 6.07) is 6.29. The Morgan fingerprint density at radius 1 is 1.39 bits per heavy atom. The molecule has 3 rings (SSSR count). The van der Waals surface area contributed by atoms with Crippen LogP contribution in [0.25, 0.3) is 10.9 Å². The van der Waals surface area contributed by atoms with Gasteiger partial charge in [0.15, 0.2) is 0 Å². The molecule has 1 aromatic heterocycles. The molecule has 1 aromatic carbocycles. The summed E-state index contributed by atoms with van der Waals surface area (Å²) in [5.41, 5.74) is 10.3. The summed E-state index contributed by atoms with van der Waals surface area (Å²) in [6.45, 7) is 2.01. The highest BCUT2D eigenvalue weighted by atomic mass is 16.5. The van der Waals surface area contributed by atoms with E-state index < -0.39 is 0 Å². The molecule has 1 radical (unpaired) electrons. The lowest BCUT2D eigenvalue weighted by Gasteiger charge is -2.16. The topological polar surface area (TPSA) is 40.2 Å². The van der Waals surface area contributed by atoms with Crippen molar-refractivity contribution in [3.8, 4) is 5.75 Å². The van der Waals surface area contributed by atoms with Crippen molar-refractivity contribution in [1.29, 1.82) is 0 Å². The van der Waals surface area contributed by atoms with Crippen LogP contribution in [0.15, 0.2) is 18.2 Å². The first-order valence-corrected chi connectivity index (χ1v) is 6.51. The lowest BCUT2D eigenvalue weighted by atomic mass is 10.1. The number of aryl methyl sites for hydroxylation is 1. The maximum absolute atomic E-state index is 6.24. The Morgan fingerprint density at radius 3 is 2.94 bits per heavy atom. The van der Waals surface area contributed by atoms with Crippen LogP contribution in [-0.2, 0) is 12.8 Å². The van der Waals surface area contributed by atoms with Crippen LogP contribution in [0.5, 0.6) is 5.75 Å². The number of nitrogens with two attached hydrogens (primary N) is 1. The summed E-state index contributed by atoms with van der Waals surface area (Å²) < 4.78 is 7.59. The maximum atomic E-state index is 6.24. The van der Waals surface area contributed by atoms with Crippen LogP contribution in [-0.4, -0.2) is 11.7 Å². The van der Waals surface area contributed by atoms with Crippen LogP contribution in [0.4, 0.5) is 0 Å². The van der Waals surface area contributed by atoms with Crippen molar-refractivity contribution >= 4 is 10.9 Å². The highest BCUT2D eigenvalue weighted by molar-refractivity contribution is 5.87. The molecular formula is C15H19N2O. The van der Waals surface area contributed by atoms with Gasteiger partial charge in [0.1, 0.15) is 5.75 Å². The van der Waals surface area contributed by atoms with Crippen LogP contribution >= 0.6 is 0 Å². The van der Waals surface area contributed by atoms with Crippen molar-refractivity contribution in [3.05, 3.63) is 35.9 Å². The Kier molecular flexibility index (Phi) is 2.78. The minimum Gasteiger partial charge on any atom is -0.497 e. The summed E-state index contributed by atoms with van der Waals surface area (Å²) >= 11 is 0. The second-order valence-corrected chi connectivity index (χ2v) is 4.86. The number of fused-ring (bicyclic) bond motifs is 3. The summed E-state index contributed by atoms with van der Waals surface area (Å²) in [6.07, 6.45) is 5.53. The third kappa shape index (κ3) is 1.54. The first-order valence-electron chi connectivity index (χ1n) is 6.51. The lowest BCUT2D eigenvalue weighted by molar-refractivity contribution is 0.415. The van der Waals surface area contributed by atoms with E-state index in [0.717, 1.165) is 12.2 Å². The van der Waals surface area contributed by atoms with Gasteiger partial charge in [-0.15, -0.1) is 0 Å². The van der Waals surface area contributed by atoms with Gasteiger partial charge in [-0.25, -0.2) is 0 Å². The van der Waals surface area contributed by atoms with E-state index in [1.54, 1.807) is 7.11 Å². The third-order valence-electron chi connectivity index (χ3n) is 3.91. The second kappa shape index (κ2) is 4.32. The van der Waals surface area contributed by atoms with Gasteiger partial charge < -0.3 is 15.0 Å². The van der Waals surface area contributed by atoms with Crippen molar-refractivity contribution < 1.29 is 4.74 Å². The van der Waals surface area contributed by atoms with Crippen LogP contribution in [0.1, 0.15) is 30.8 Å². The molecule has 1 aliphatic rings. The maximum Gasteiger partial charge on any atom is 0.120 e. The summed E-state index contributed by atoms with van der Waals surface area (Å²) in [4.78, 5) is 0. The summed E-state index contributed by atoms with van der Waals surface area (Å²) in [5.74, 6) is 0.892. The van der Waals surface area contributed by atoms with Crippen molar-refractivity contribution in [2.24, 2.45) is 5.73 Å². The number of nitrogens with zero attached hydrogens (tertiary/aromatic N) is 1. The van der Waals surface area contributed by atoms with Gasteiger partial charge in [-0.05, 0) is 43.4 Å². The minimum absolute atomic E-state index is 0.0542. The molecule has 3 heteroatoms. The van der Waals surface area contributed by atoms with E-state index in [0.29, 0.717) is 0 Å². The first-order chi connectivity index (χ1) is 8.76. The molecule has 1 atom stereocenters. The van der Waals surface area contributed by atoms with Crippen molar-refractivity contribution in [3.63, 3.8) is 0 Å². The molecule has 0 spiro atoms. The van der Waals surface area contributed by atoms with Crippen molar-refractivity contribution in [1.82, 2.24) is 4.57 Å². The largest absolute Gasteiger partial charge is 0.497 e. The van der Waals surface area contributed by atoms with E-state index in [2.05, 4.69) is 16.7 Å².